The minimum absolute atomic E-state index is 0.0128. The quantitative estimate of drug-likeness (QED) is 0.100. The molecule has 2 aromatic rings. The van der Waals surface area contributed by atoms with E-state index in [4.69, 9.17) is 9.68 Å². The lowest BCUT2D eigenvalue weighted by molar-refractivity contribution is -0.159. The first kappa shape index (κ1) is 37.4. The van der Waals surface area contributed by atoms with Crippen molar-refractivity contribution < 1.29 is 38.4 Å². The molecular formula is C34H46N4O8. The molecule has 4 N–H and O–H groups in total. The standard InChI is InChI=1S/C34H46N4O8/c39-29(35-27-17-7-5-8-18-27)21-11-1-3-13-23-31(41)37-45-33(43)25-15-16-26-34(44)46-38-32(42)24-14-4-2-12-22-30(40)36-28-19-9-6-10-20-28/h5-10,17-20H,1-4,11-16,21-26H2,(H,35,39)(H,36,40)(H,37,41)(H,38,42). The van der Waals surface area contributed by atoms with Crippen LogP contribution in [0.4, 0.5) is 11.4 Å². The highest BCUT2D eigenvalue weighted by atomic mass is 16.7. The van der Waals surface area contributed by atoms with Crippen molar-refractivity contribution in [2.24, 2.45) is 0 Å². The summed E-state index contributed by atoms with van der Waals surface area (Å²) in [6.07, 6.45) is 7.75. The first-order valence-corrected chi connectivity index (χ1v) is 16.0. The average molecular weight is 639 g/mol. The third-order valence-electron chi connectivity index (χ3n) is 6.80. The van der Waals surface area contributed by atoms with Gasteiger partial charge in [0.15, 0.2) is 0 Å². The Kier molecular flexibility index (Phi) is 19.2. The van der Waals surface area contributed by atoms with Gasteiger partial charge in [0, 0.05) is 49.9 Å². The van der Waals surface area contributed by atoms with Crippen LogP contribution in [-0.4, -0.2) is 35.6 Å². The molecule has 0 aliphatic carbocycles. The molecule has 0 radical (unpaired) electrons. The first-order chi connectivity index (χ1) is 22.3. The predicted octanol–water partition coefficient (Wildman–Crippen LogP) is 5.65. The summed E-state index contributed by atoms with van der Waals surface area (Å²) in [5.41, 5.74) is 5.80. The molecule has 0 aliphatic heterocycles. The van der Waals surface area contributed by atoms with Gasteiger partial charge in [-0.15, -0.1) is 0 Å². The van der Waals surface area contributed by atoms with Gasteiger partial charge in [-0.1, -0.05) is 62.1 Å². The topological polar surface area (TPSA) is 169 Å². The number of unbranched alkanes of at least 4 members (excludes halogenated alkanes) is 7. The van der Waals surface area contributed by atoms with Crippen molar-refractivity contribution in [2.75, 3.05) is 10.6 Å². The summed E-state index contributed by atoms with van der Waals surface area (Å²) >= 11 is 0. The van der Waals surface area contributed by atoms with Gasteiger partial charge in [0.05, 0.1) is 0 Å². The van der Waals surface area contributed by atoms with Gasteiger partial charge in [0.2, 0.25) is 11.8 Å². The molecule has 12 heteroatoms. The van der Waals surface area contributed by atoms with Gasteiger partial charge in [-0.05, 0) is 62.8 Å². The fourth-order valence-corrected chi connectivity index (χ4v) is 4.31. The van der Waals surface area contributed by atoms with Crippen molar-refractivity contribution >= 4 is 46.9 Å². The molecule has 0 saturated carbocycles. The number of nitrogens with one attached hydrogen (secondary N) is 4. The molecule has 0 spiro atoms. The van der Waals surface area contributed by atoms with Crippen LogP contribution in [0.25, 0.3) is 0 Å². The molecule has 0 fully saturated rings. The van der Waals surface area contributed by atoms with Gasteiger partial charge >= 0.3 is 11.9 Å². The number of carbonyl (C=O) groups is 6. The Morgan fingerprint density at radius 1 is 0.391 bits per heavy atom. The second kappa shape index (κ2) is 23.6. The summed E-state index contributed by atoms with van der Waals surface area (Å²) in [5, 5.41) is 5.66. The van der Waals surface area contributed by atoms with Gasteiger partial charge in [-0.3, -0.25) is 19.2 Å². The molecule has 2 aromatic carbocycles. The van der Waals surface area contributed by atoms with E-state index in [1.54, 1.807) is 0 Å². The lowest BCUT2D eigenvalue weighted by Crippen LogP contribution is -2.27. The van der Waals surface area contributed by atoms with Gasteiger partial charge in [0.25, 0.3) is 11.8 Å². The maximum atomic E-state index is 11.9. The summed E-state index contributed by atoms with van der Waals surface area (Å²) in [6.45, 7) is 0. The maximum Gasteiger partial charge on any atom is 0.332 e. The monoisotopic (exact) mass is 638 g/mol. The van der Waals surface area contributed by atoms with Crippen LogP contribution in [0, 0.1) is 0 Å². The SMILES string of the molecule is O=C(CCCCCCC(=O)Nc1ccccc1)NOC(=O)CCCCC(=O)ONC(=O)CCCCCCC(=O)Nc1ccccc1. The number of carbonyl (C=O) groups excluding carboxylic acids is 6. The van der Waals surface area contributed by atoms with E-state index < -0.39 is 23.8 Å². The zero-order chi connectivity index (χ0) is 33.2. The van der Waals surface area contributed by atoms with E-state index in [1.165, 1.54) is 0 Å². The van der Waals surface area contributed by atoms with Crippen molar-refractivity contribution in [3.63, 3.8) is 0 Å². The minimum atomic E-state index is -0.615. The Labute approximate surface area is 270 Å². The van der Waals surface area contributed by atoms with Crippen LogP contribution < -0.4 is 21.6 Å². The maximum absolute atomic E-state index is 11.9. The smallest absolute Gasteiger partial charge is 0.332 e. The summed E-state index contributed by atoms with van der Waals surface area (Å²) in [4.78, 5) is 80.8. The Balaban J connectivity index is 1.35. The van der Waals surface area contributed by atoms with E-state index in [9.17, 15) is 28.8 Å². The number of hydroxylamine groups is 2. The molecule has 0 aliphatic rings. The fraction of sp³-hybridized carbons (Fsp3) is 0.471. The average Bonchev–Trinajstić information content (AvgIpc) is 3.05. The molecule has 0 aromatic heterocycles. The molecule has 0 bridgehead atoms. The third-order valence-corrected chi connectivity index (χ3v) is 6.80. The zero-order valence-corrected chi connectivity index (χ0v) is 26.4. The molecule has 12 nitrogen and oxygen atoms in total. The number of para-hydroxylation sites is 2. The molecule has 0 saturated heterocycles. The van der Waals surface area contributed by atoms with E-state index in [1.807, 2.05) is 60.7 Å². The van der Waals surface area contributed by atoms with Crippen LogP contribution in [0.3, 0.4) is 0 Å². The summed E-state index contributed by atoms with van der Waals surface area (Å²) in [7, 11) is 0. The van der Waals surface area contributed by atoms with E-state index in [2.05, 4.69) is 21.6 Å². The summed E-state index contributed by atoms with van der Waals surface area (Å²) in [5.74, 6) is -2.12. The number of rotatable bonds is 21. The van der Waals surface area contributed by atoms with Crippen molar-refractivity contribution in [1.82, 2.24) is 11.0 Å². The molecule has 0 atom stereocenters. The number of benzene rings is 2. The number of amides is 4. The van der Waals surface area contributed by atoms with E-state index in [-0.39, 0.29) is 37.5 Å². The van der Waals surface area contributed by atoms with Crippen molar-refractivity contribution in [1.29, 1.82) is 0 Å². The Morgan fingerprint density at radius 2 is 0.696 bits per heavy atom. The summed E-state index contributed by atoms with van der Waals surface area (Å²) in [6, 6.07) is 18.5. The van der Waals surface area contributed by atoms with Crippen LogP contribution in [0.1, 0.15) is 103 Å². The molecule has 250 valence electrons. The molecule has 0 heterocycles. The Morgan fingerprint density at radius 3 is 1.04 bits per heavy atom. The largest absolute Gasteiger partial charge is 0.341 e. The van der Waals surface area contributed by atoms with Crippen LogP contribution in [0.2, 0.25) is 0 Å². The number of hydrogen-bond donors (Lipinski definition) is 4. The second-order valence-corrected chi connectivity index (χ2v) is 10.9. The first-order valence-electron chi connectivity index (χ1n) is 16.0. The van der Waals surface area contributed by atoms with Crippen LogP contribution >= 0.6 is 0 Å². The minimum Gasteiger partial charge on any atom is -0.341 e. The fourth-order valence-electron chi connectivity index (χ4n) is 4.31. The molecule has 0 unspecified atom stereocenters. The van der Waals surface area contributed by atoms with Gasteiger partial charge in [-0.2, -0.15) is 11.0 Å². The Bertz CT molecular complexity index is 1130. The van der Waals surface area contributed by atoms with Crippen LogP contribution in [0.15, 0.2) is 60.7 Å². The number of hydrogen-bond acceptors (Lipinski definition) is 8. The Hall–Kier alpha value is -4.74. The normalized spacial score (nSPS) is 10.3. The third kappa shape index (κ3) is 19.5. The van der Waals surface area contributed by atoms with Crippen molar-refractivity contribution in [2.45, 2.75) is 103 Å². The lowest BCUT2D eigenvalue weighted by atomic mass is 10.1. The molecule has 46 heavy (non-hydrogen) atoms. The molecule has 2 rings (SSSR count). The van der Waals surface area contributed by atoms with Gasteiger partial charge < -0.3 is 20.3 Å². The van der Waals surface area contributed by atoms with Crippen molar-refractivity contribution in [3.8, 4) is 0 Å². The van der Waals surface area contributed by atoms with E-state index >= 15 is 0 Å². The molecular weight excluding hydrogens is 592 g/mol. The highest BCUT2D eigenvalue weighted by Crippen LogP contribution is 2.11. The highest BCUT2D eigenvalue weighted by molar-refractivity contribution is 5.91. The second-order valence-electron chi connectivity index (χ2n) is 10.9. The van der Waals surface area contributed by atoms with E-state index in [0.29, 0.717) is 38.5 Å². The predicted molar refractivity (Wildman–Crippen MR) is 172 cm³/mol. The van der Waals surface area contributed by atoms with E-state index in [0.717, 1.165) is 49.9 Å². The molecule has 4 amide bonds. The van der Waals surface area contributed by atoms with Crippen LogP contribution in [0.5, 0.6) is 0 Å². The number of anilines is 2. The van der Waals surface area contributed by atoms with Gasteiger partial charge in [0.1, 0.15) is 0 Å². The van der Waals surface area contributed by atoms with Crippen molar-refractivity contribution in [3.05, 3.63) is 60.7 Å². The summed E-state index contributed by atoms with van der Waals surface area (Å²) < 4.78 is 0. The zero-order valence-electron chi connectivity index (χ0n) is 26.4. The van der Waals surface area contributed by atoms with Crippen LogP contribution in [-0.2, 0) is 38.4 Å². The lowest BCUT2D eigenvalue weighted by Gasteiger charge is -2.07. The van der Waals surface area contributed by atoms with Gasteiger partial charge in [-0.25, -0.2) is 9.59 Å². The highest BCUT2D eigenvalue weighted by Gasteiger charge is 2.11.